The van der Waals surface area contributed by atoms with Gasteiger partial charge in [-0.25, -0.2) is 8.42 Å². The Hall–Kier alpha value is -2.15. The molecule has 0 aliphatic heterocycles. The Morgan fingerprint density at radius 1 is 1.29 bits per heavy atom. The summed E-state index contributed by atoms with van der Waals surface area (Å²) < 4.78 is 29.8. The van der Waals surface area contributed by atoms with E-state index in [1.165, 1.54) is 31.2 Å². The maximum atomic E-state index is 12.3. The van der Waals surface area contributed by atoms with Crippen LogP contribution in [0.5, 0.6) is 0 Å². The van der Waals surface area contributed by atoms with Gasteiger partial charge in [0.15, 0.2) is 6.10 Å². The molecule has 130 valence electrons. The number of sulfonamides is 1. The van der Waals surface area contributed by atoms with Crippen LogP contribution >= 0.6 is 0 Å². The lowest BCUT2D eigenvalue weighted by molar-refractivity contribution is -0.147. The summed E-state index contributed by atoms with van der Waals surface area (Å²) in [5.41, 5.74) is 0.724. The van der Waals surface area contributed by atoms with E-state index < -0.39 is 16.1 Å². The number of carbonyl (C=O) groups excluding carboxylic acids is 2. The molecule has 0 bridgehead atoms. The molecule has 1 aliphatic rings. The van der Waals surface area contributed by atoms with Crippen molar-refractivity contribution in [3.8, 4) is 0 Å². The van der Waals surface area contributed by atoms with E-state index in [0.29, 0.717) is 11.3 Å². The molecular formula is C17H21NO5S. The molecule has 7 heteroatoms. The van der Waals surface area contributed by atoms with Crippen LogP contribution in [0.3, 0.4) is 0 Å². The third kappa shape index (κ3) is 5.49. The molecule has 0 aromatic heterocycles. The SMILES string of the molecule is C[C@@H](OC(=O)C[C@@H]1C=CCC1)C(=O)c1ccc(NS(C)(=O)=O)cc1. The van der Waals surface area contributed by atoms with Crippen molar-refractivity contribution in [1.82, 2.24) is 0 Å². The first-order valence-corrected chi connectivity index (χ1v) is 9.62. The third-order valence-corrected chi connectivity index (χ3v) is 4.30. The molecule has 0 unspecified atom stereocenters. The second kappa shape index (κ2) is 7.61. The first-order chi connectivity index (χ1) is 11.2. The molecule has 0 saturated heterocycles. The predicted molar refractivity (Wildman–Crippen MR) is 91.3 cm³/mol. The number of nitrogens with one attached hydrogen (secondary N) is 1. The Morgan fingerprint density at radius 2 is 1.96 bits per heavy atom. The molecule has 0 heterocycles. The molecule has 0 fully saturated rings. The van der Waals surface area contributed by atoms with E-state index in [1.54, 1.807) is 0 Å². The number of allylic oxidation sites excluding steroid dienone is 2. The molecular weight excluding hydrogens is 330 g/mol. The fourth-order valence-electron chi connectivity index (χ4n) is 2.53. The average molecular weight is 351 g/mol. The number of hydrogen-bond acceptors (Lipinski definition) is 5. The number of esters is 1. The maximum Gasteiger partial charge on any atom is 0.307 e. The molecule has 1 aliphatic carbocycles. The highest BCUT2D eigenvalue weighted by Gasteiger charge is 2.22. The molecule has 0 amide bonds. The van der Waals surface area contributed by atoms with Crippen molar-refractivity contribution in [2.24, 2.45) is 5.92 Å². The fourth-order valence-corrected chi connectivity index (χ4v) is 3.09. The van der Waals surface area contributed by atoms with Gasteiger partial charge < -0.3 is 4.74 Å². The van der Waals surface area contributed by atoms with Gasteiger partial charge in [0, 0.05) is 11.3 Å². The van der Waals surface area contributed by atoms with E-state index in [-0.39, 0.29) is 24.1 Å². The van der Waals surface area contributed by atoms with E-state index in [0.717, 1.165) is 19.1 Å². The summed E-state index contributed by atoms with van der Waals surface area (Å²) >= 11 is 0. The average Bonchev–Trinajstić information content (AvgIpc) is 2.98. The zero-order valence-electron chi connectivity index (χ0n) is 13.7. The van der Waals surface area contributed by atoms with Crippen LogP contribution in [0.1, 0.15) is 36.5 Å². The lowest BCUT2D eigenvalue weighted by Gasteiger charge is -2.14. The number of anilines is 1. The normalized spacial score (nSPS) is 18.2. The number of ketones is 1. The lowest BCUT2D eigenvalue weighted by Crippen LogP contribution is -2.25. The topological polar surface area (TPSA) is 89.5 Å². The monoisotopic (exact) mass is 351 g/mol. The smallest absolute Gasteiger partial charge is 0.307 e. The maximum absolute atomic E-state index is 12.3. The van der Waals surface area contributed by atoms with Gasteiger partial charge in [-0.1, -0.05) is 12.2 Å². The predicted octanol–water partition coefficient (Wildman–Crippen LogP) is 2.53. The Labute approximate surface area is 141 Å². The molecule has 0 radical (unpaired) electrons. The number of benzene rings is 1. The van der Waals surface area contributed by atoms with E-state index in [1.807, 2.05) is 12.2 Å². The number of hydrogen-bond donors (Lipinski definition) is 1. The standard InChI is InChI=1S/C17H21NO5S/c1-12(23-16(19)11-13-5-3-4-6-13)17(20)14-7-9-15(10-8-14)18-24(2,21)22/h3,5,7-10,12-13,18H,4,6,11H2,1-2H3/t12-,13-/m1/s1. The van der Waals surface area contributed by atoms with Gasteiger partial charge in [-0.15, -0.1) is 0 Å². The minimum absolute atomic E-state index is 0.196. The van der Waals surface area contributed by atoms with Crippen molar-refractivity contribution in [1.29, 1.82) is 0 Å². The van der Waals surface area contributed by atoms with Crippen LogP contribution in [0.4, 0.5) is 5.69 Å². The Morgan fingerprint density at radius 3 is 2.50 bits per heavy atom. The van der Waals surface area contributed by atoms with Crippen molar-refractivity contribution in [2.45, 2.75) is 32.3 Å². The molecule has 24 heavy (non-hydrogen) atoms. The minimum atomic E-state index is -3.36. The van der Waals surface area contributed by atoms with Gasteiger partial charge >= 0.3 is 5.97 Å². The Balaban J connectivity index is 1.92. The summed E-state index contributed by atoms with van der Waals surface area (Å²) in [6.45, 7) is 1.54. The summed E-state index contributed by atoms with van der Waals surface area (Å²) in [6, 6.07) is 5.98. The fraction of sp³-hybridized carbons (Fsp3) is 0.412. The van der Waals surface area contributed by atoms with Crippen LogP contribution in [0.2, 0.25) is 0 Å². The first kappa shape index (κ1) is 18.2. The molecule has 1 N–H and O–H groups in total. The van der Waals surface area contributed by atoms with E-state index >= 15 is 0 Å². The number of rotatable bonds is 7. The highest BCUT2D eigenvalue weighted by atomic mass is 32.2. The number of ether oxygens (including phenoxy) is 1. The van der Waals surface area contributed by atoms with Crippen LogP contribution < -0.4 is 4.72 Å². The second-order valence-corrected chi connectivity index (χ2v) is 7.67. The Bertz CT molecular complexity index is 737. The molecule has 0 spiro atoms. The summed E-state index contributed by atoms with van der Waals surface area (Å²) in [5.74, 6) is -0.514. The van der Waals surface area contributed by atoms with Crippen molar-refractivity contribution < 1.29 is 22.7 Å². The summed E-state index contributed by atoms with van der Waals surface area (Å²) in [6.07, 6.45) is 6.40. The van der Waals surface area contributed by atoms with Gasteiger partial charge in [0.1, 0.15) is 0 Å². The number of Topliss-reactive ketones (excluding diaryl/α,β-unsaturated/α-hetero) is 1. The quantitative estimate of drug-likeness (QED) is 0.463. The highest BCUT2D eigenvalue weighted by molar-refractivity contribution is 7.92. The van der Waals surface area contributed by atoms with Gasteiger partial charge in [-0.3, -0.25) is 14.3 Å². The molecule has 0 saturated carbocycles. The first-order valence-electron chi connectivity index (χ1n) is 7.73. The van der Waals surface area contributed by atoms with Crippen LogP contribution in [0, 0.1) is 5.92 Å². The summed E-state index contributed by atoms with van der Waals surface area (Å²) in [7, 11) is -3.36. The van der Waals surface area contributed by atoms with Gasteiger partial charge in [0.05, 0.1) is 12.7 Å². The van der Waals surface area contributed by atoms with Crippen LogP contribution in [0.25, 0.3) is 0 Å². The van der Waals surface area contributed by atoms with Gasteiger partial charge in [-0.2, -0.15) is 0 Å². The van der Waals surface area contributed by atoms with Crippen molar-refractivity contribution >= 4 is 27.5 Å². The van der Waals surface area contributed by atoms with Gasteiger partial charge in [-0.05, 0) is 49.9 Å². The number of carbonyl (C=O) groups is 2. The zero-order chi connectivity index (χ0) is 17.7. The minimum Gasteiger partial charge on any atom is -0.454 e. The van der Waals surface area contributed by atoms with E-state index in [4.69, 9.17) is 4.74 Å². The lowest BCUT2D eigenvalue weighted by atomic mass is 10.0. The molecule has 1 aromatic rings. The molecule has 2 atom stereocenters. The van der Waals surface area contributed by atoms with E-state index in [9.17, 15) is 18.0 Å². The van der Waals surface area contributed by atoms with Crippen molar-refractivity contribution in [2.75, 3.05) is 11.0 Å². The summed E-state index contributed by atoms with van der Waals surface area (Å²) in [4.78, 5) is 24.2. The highest BCUT2D eigenvalue weighted by Crippen LogP contribution is 2.21. The second-order valence-electron chi connectivity index (χ2n) is 5.92. The molecule has 1 aromatic carbocycles. The third-order valence-electron chi connectivity index (χ3n) is 3.69. The summed E-state index contributed by atoms with van der Waals surface area (Å²) in [5, 5.41) is 0. The van der Waals surface area contributed by atoms with Crippen LogP contribution in [-0.4, -0.2) is 32.5 Å². The van der Waals surface area contributed by atoms with Crippen molar-refractivity contribution in [3.63, 3.8) is 0 Å². The van der Waals surface area contributed by atoms with E-state index in [2.05, 4.69) is 4.72 Å². The van der Waals surface area contributed by atoms with Gasteiger partial charge in [0.2, 0.25) is 15.8 Å². The zero-order valence-corrected chi connectivity index (χ0v) is 14.5. The van der Waals surface area contributed by atoms with Crippen LogP contribution in [0.15, 0.2) is 36.4 Å². The molecule has 6 nitrogen and oxygen atoms in total. The van der Waals surface area contributed by atoms with Gasteiger partial charge in [0.25, 0.3) is 0 Å². The largest absolute Gasteiger partial charge is 0.454 e. The van der Waals surface area contributed by atoms with Crippen LogP contribution in [-0.2, 0) is 19.6 Å². The Kier molecular flexibility index (Phi) is 5.77. The molecule has 2 rings (SSSR count). The van der Waals surface area contributed by atoms with Crippen molar-refractivity contribution in [3.05, 3.63) is 42.0 Å².